The molecule has 6 nitrogen and oxygen atoms in total. The van der Waals surface area contributed by atoms with E-state index in [0.717, 1.165) is 18.8 Å². The molecule has 0 aliphatic heterocycles. The van der Waals surface area contributed by atoms with E-state index < -0.39 is 10.9 Å². The topological polar surface area (TPSA) is 92.5 Å². The Morgan fingerprint density at radius 3 is 2.71 bits per heavy atom. The number of carboxylic acid groups (broad SMARTS) is 1. The first-order chi connectivity index (χ1) is 10.1. The first-order valence-corrected chi connectivity index (χ1v) is 7.34. The fourth-order valence-corrected chi connectivity index (χ4v) is 2.97. The van der Waals surface area contributed by atoms with Crippen LogP contribution in [-0.4, -0.2) is 22.5 Å². The predicted octanol–water partition coefficient (Wildman–Crippen LogP) is 3.68. The highest BCUT2D eigenvalue weighted by Gasteiger charge is 2.24. The third kappa shape index (κ3) is 3.93. The van der Waals surface area contributed by atoms with Crippen molar-refractivity contribution in [2.45, 2.75) is 38.5 Å². The molecule has 1 aliphatic carbocycles. The molecule has 0 aromatic heterocycles. The van der Waals surface area contributed by atoms with Gasteiger partial charge in [0.05, 0.1) is 4.92 Å². The monoisotopic (exact) mass is 292 g/mol. The Labute approximate surface area is 123 Å². The van der Waals surface area contributed by atoms with E-state index in [2.05, 4.69) is 5.32 Å². The van der Waals surface area contributed by atoms with Gasteiger partial charge < -0.3 is 10.4 Å². The molecular weight excluding hydrogens is 272 g/mol. The summed E-state index contributed by atoms with van der Waals surface area (Å²) >= 11 is 0. The molecule has 0 bridgehead atoms. The number of para-hydroxylation sites is 1. The second-order valence-corrected chi connectivity index (χ2v) is 5.48. The van der Waals surface area contributed by atoms with Crippen LogP contribution in [0.2, 0.25) is 0 Å². The van der Waals surface area contributed by atoms with Gasteiger partial charge in [-0.05, 0) is 30.9 Å². The first kappa shape index (κ1) is 15.3. The lowest BCUT2D eigenvalue weighted by atomic mass is 10.0. The van der Waals surface area contributed by atoms with Gasteiger partial charge in [-0.15, -0.1) is 0 Å². The van der Waals surface area contributed by atoms with E-state index in [1.54, 1.807) is 6.07 Å². The van der Waals surface area contributed by atoms with Crippen LogP contribution in [-0.2, 0) is 0 Å². The van der Waals surface area contributed by atoms with E-state index in [-0.39, 0.29) is 16.9 Å². The van der Waals surface area contributed by atoms with Crippen LogP contribution in [0.1, 0.15) is 48.9 Å². The molecule has 0 unspecified atom stereocenters. The molecule has 1 aromatic rings. The van der Waals surface area contributed by atoms with Crippen molar-refractivity contribution in [1.82, 2.24) is 0 Å². The Kier molecular flexibility index (Phi) is 5.14. The van der Waals surface area contributed by atoms with Crippen molar-refractivity contribution in [1.29, 1.82) is 0 Å². The normalized spacial score (nSPS) is 15.0. The van der Waals surface area contributed by atoms with Crippen molar-refractivity contribution >= 4 is 17.3 Å². The molecule has 6 heteroatoms. The molecule has 0 atom stereocenters. The molecular formula is C15H20N2O4. The van der Waals surface area contributed by atoms with Crippen molar-refractivity contribution in [3.05, 3.63) is 33.9 Å². The average Bonchev–Trinajstić information content (AvgIpc) is 2.96. The third-order valence-corrected chi connectivity index (χ3v) is 4.03. The van der Waals surface area contributed by atoms with Crippen molar-refractivity contribution in [3.63, 3.8) is 0 Å². The molecule has 1 aliphatic rings. The Morgan fingerprint density at radius 1 is 1.38 bits per heavy atom. The van der Waals surface area contributed by atoms with E-state index in [0.29, 0.717) is 6.54 Å². The van der Waals surface area contributed by atoms with Gasteiger partial charge in [-0.2, -0.15) is 0 Å². The van der Waals surface area contributed by atoms with Crippen LogP contribution in [0, 0.1) is 16.0 Å². The summed E-state index contributed by atoms with van der Waals surface area (Å²) in [5.74, 6) is -0.497. The van der Waals surface area contributed by atoms with Crippen LogP contribution in [0.25, 0.3) is 0 Å². The molecule has 1 fully saturated rings. The number of nitrogens with zero attached hydrogens (tertiary/aromatic N) is 1. The number of rotatable bonds is 7. The third-order valence-electron chi connectivity index (χ3n) is 4.03. The summed E-state index contributed by atoms with van der Waals surface area (Å²) in [5.41, 5.74) is -0.349. The molecule has 1 saturated carbocycles. The largest absolute Gasteiger partial charge is 0.477 e. The Bertz CT molecular complexity index is 524. The van der Waals surface area contributed by atoms with Crippen LogP contribution in [0.5, 0.6) is 0 Å². The minimum absolute atomic E-state index is 0.277. The molecule has 2 N–H and O–H groups in total. The number of hydrogen-bond acceptors (Lipinski definition) is 4. The Morgan fingerprint density at radius 2 is 2.10 bits per heavy atom. The van der Waals surface area contributed by atoms with Crippen molar-refractivity contribution in [3.8, 4) is 0 Å². The van der Waals surface area contributed by atoms with Crippen LogP contribution >= 0.6 is 0 Å². The number of nitrogens with one attached hydrogen (secondary N) is 1. The highest BCUT2D eigenvalue weighted by molar-refractivity contribution is 5.95. The molecule has 114 valence electrons. The smallest absolute Gasteiger partial charge is 0.342 e. The van der Waals surface area contributed by atoms with Crippen LogP contribution in [0.3, 0.4) is 0 Å². The minimum Gasteiger partial charge on any atom is -0.477 e. The summed E-state index contributed by atoms with van der Waals surface area (Å²) in [6, 6.07) is 4.33. The maximum Gasteiger partial charge on any atom is 0.342 e. The van der Waals surface area contributed by atoms with Crippen molar-refractivity contribution < 1.29 is 14.8 Å². The van der Waals surface area contributed by atoms with E-state index in [1.165, 1.54) is 37.8 Å². The van der Waals surface area contributed by atoms with Gasteiger partial charge in [0.25, 0.3) is 0 Å². The van der Waals surface area contributed by atoms with Gasteiger partial charge in [0.2, 0.25) is 0 Å². The summed E-state index contributed by atoms with van der Waals surface area (Å²) in [4.78, 5) is 21.5. The SMILES string of the molecule is O=C(O)c1cccc(NCCCC2CCCC2)c1[N+](=O)[O-]. The number of carbonyl (C=O) groups is 1. The van der Waals surface area contributed by atoms with Crippen LogP contribution in [0.15, 0.2) is 18.2 Å². The number of aromatic carboxylic acids is 1. The Balaban J connectivity index is 1.97. The van der Waals surface area contributed by atoms with E-state index in [1.807, 2.05) is 0 Å². The average molecular weight is 292 g/mol. The fourth-order valence-electron chi connectivity index (χ4n) is 2.97. The molecule has 0 amide bonds. The Hall–Kier alpha value is -2.11. The maximum absolute atomic E-state index is 11.1. The van der Waals surface area contributed by atoms with Gasteiger partial charge >= 0.3 is 11.7 Å². The highest BCUT2D eigenvalue weighted by atomic mass is 16.6. The molecule has 0 spiro atoms. The number of carboxylic acids is 1. The van der Waals surface area contributed by atoms with Gasteiger partial charge in [0, 0.05) is 6.54 Å². The highest BCUT2D eigenvalue weighted by Crippen LogP contribution is 2.30. The summed E-state index contributed by atoms with van der Waals surface area (Å²) in [6.07, 6.45) is 7.26. The second kappa shape index (κ2) is 7.06. The summed E-state index contributed by atoms with van der Waals surface area (Å²) < 4.78 is 0. The zero-order chi connectivity index (χ0) is 15.2. The molecule has 0 heterocycles. The number of benzene rings is 1. The second-order valence-electron chi connectivity index (χ2n) is 5.48. The molecule has 1 aromatic carbocycles. The lowest BCUT2D eigenvalue weighted by molar-refractivity contribution is -0.384. The van der Waals surface area contributed by atoms with E-state index >= 15 is 0 Å². The van der Waals surface area contributed by atoms with Gasteiger partial charge in [0.1, 0.15) is 11.3 Å². The minimum atomic E-state index is -1.28. The van der Waals surface area contributed by atoms with Crippen LogP contribution in [0.4, 0.5) is 11.4 Å². The zero-order valence-electron chi connectivity index (χ0n) is 11.9. The number of anilines is 1. The summed E-state index contributed by atoms with van der Waals surface area (Å²) in [7, 11) is 0. The first-order valence-electron chi connectivity index (χ1n) is 7.34. The van der Waals surface area contributed by atoms with Crippen LogP contribution < -0.4 is 5.32 Å². The number of nitro groups is 1. The number of hydrogen-bond donors (Lipinski definition) is 2. The standard InChI is InChI=1S/C15H20N2O4/c18-15(19)12-8-3-9-13(14(12)17(20)21)16-10-4-7-11-5-1-2-6-11/h3,8-9,11,16H,1-2,4-7,10H2,(H,18,19). The van der Waals surface area contributed by atoms with Gasteiger partial charge in [-0.25, -0.2) is 4.79 Å². The molecule has 0 saturated heterocycles. The number of nitro benzene ring substituents is 1. The zero-order valence-corrected chi connectivity index (χ0v) is 11.9. The van der Waals surface area contributed by atoms with Gasteiger partial charge in [0.15, 0.2) is 0 Å². The lowest BCUT2D eigenvalue weighted by Gasteiger charge is -2.11. The maximum atomic E-state index is 11.1. The van der Waals surface area contributed by atoms with E-state index in [9.17, 15) is 14.9 Å². The summed E-state index contributed by atoms with van der Waals surface area (Å²) in [5, 5.41) is 23.1. The fraction of sp³-hybridized carbons (Fsp3) is 0.533. The van der Waals surface area contributed by atoms with Crippen molar-refractivity contribution in [2.24, 2.45) is 5.92 Å². The lowest BCUT2D eigenvalue weighted by Crippen LogP contribution is -2.09. The van der Waals surface area contributed by atoms with Gasteiger partial charge in [-0.3, -0.25) is 10.1 Å². The van der Waals surface area contributed by atoms with Crippen molar-refractivity contribution in [2.75, 3.05) is 11.9 Å². The molecule has 2 rings (SSSR count). The molecule has 0 radical (unpaired) electrons. The quantitative estimate of drug-likeness (QED) is 0.454. The summed E-state index contributed by atoms with van der Waals surface area (Å²) in [6.45, 7) is 0.625. The molecule has 21 heavy (non-hydrogen) atoms. The van der Waals surface area contributed by atoms with E-state index in [4.69, 9.17) is 5.11 Å². The predicted molar refractivity (Wildman–Crippen MR) is 79.7 cm³/mol. The van der Waals surface area contributed by atoms with Gasteiger partial charge in [-0.1, -0.05) is 31.7 Å².